The normalized spacial score (nSPS) is 10.0. The van der Waals surface area contributed by atoms with Gasteiger partial charge in [-0.1, -0.05) is 11.6 Å². The van der Waals surface area contributed by atoms with Crippen LogP contribution in [0, 0.1) is 5.82 Å². The van der Waals surface area contributed by atoms with Gasteiger partial charge in [0.1, 0.15) is 12.5 Å². The van der Waals surface area contributed by atoms with Gasteiger partial charge in [0.2, 0.25) is 0 Å². The van der Waals surface area contributed by atoms with E-state index in [9.17, 15) is 13.6 Å². The summed E-state index contributed by atoms with van der Waals surface area (Å²) in [5.41, 5.74) is 0.124. The third-order valence-electron chi connectivity index (χ3n) is 1.64. The molecule has 0 radical (unpaired) electrons. The van der Waals surface area contributed by atoms with Gasteiger partial charge in [-0.25, -0.2) is 13.6 Å². The van der Waals surface area contributed by atoms with Crippen LogP contribution in [0.1, 0.15) is 0 Å². The van der Waals surface area contributed by atoms with Crippen LogP contribution in [0.25, 0.3) is 0 Å². The Morgan fingerprint density at radius 3 is 2.81 bits per heavy atom. The molecule has 0 fully saturated rings. The number of carbonyl (C=O) groups excluding carboxylic acids is 1. The molecule has 0 atom stereocenters. The molecule has 0 heterocycles. The van der Waals surface area contributed by atoms with Crippen LogP contribution < -0.4 is 10.6 Å². The summed E-state index contributed by atoms with van der Waals surface area (Å²) in [5, 5.41) is 4.71. The Kier molecular flexibility index (Phi) is 4.95. The van der Waals surface area contributed by atoms with Crippen molar-refractivity contribution in [2.45, 2.75) is 0 Å². The van der Waals surface area contributed by atoms with E-state index in [4.69, 9.17) is 11.6 Å². The third-order valence-corrected chi connectivity index (χ3v) is 2.56. The summed E-state index contributed by atoms with van der Waals surface area (Å²) in [6.07, 6.45) is 0. The number of alkyl halides is 1. The first-order chi connectivity index (χ1) is 7.54. The predicted octanol–water partition coefficient (Wildman–Crippen LogP) is 3.33. The second-order valence-electron chi connectivity index (χ2n) is 2.82. The largest absolute Gasteiger partial charge is 0.335 e. The zero-order valence-corrected chi connectivity index (χ0v) is 10.3. The molecule has 0 bridgehead atoms. The van der Waals surface area contributed by atoms with Crippen LogP contribution in [-0.2, 0) is 0 Å². The van der Waals surface area contributed by atoms with Crippen molar-refractivity contribution in [3.05, 3.63) is 27.4 Å². The Balaban J connectivity index is 2.73. The van der Waals surface area contributed by atoms with Crippen molar-refractivity contribution in [2.24, 2.45) is 0 Å². The zero-order chi connectivity index (χ0) is 12.1. The molecule has 1 rings (SSSR count). The minimum atomic E-state index is -0.671. The Hall–Kier alpha value is -0.880. The molecule has 0 aliphatic carbocycles. The van der Waals surface area contributed by atoms with E-state index in [1.165, 1.54) is 6.07 Å². The van der Waals surface area contributed by atoms with Crippen LogP contribution in [0.5, 0.6) is 0 Å². The van der Waals surface area contributed by atoms with Gasteiger partial charge in [-0.3, -0.25) is 0 Å². The minimum Gasteiger partial charge on any atom is -0.335 e. The fourth-order valence-electron chi connectivity index (χ4n) is 0.946. The SMILES string of the molecule is O=C(NCCF)Nc1cc(F)c(Br)cc1Cl. The van der Waals surface area contributed by atoms with Gasteiger partial charge in [0.05, 0.1) is 15.2 Å². The lowest BCUT2D eigenvalue weighted by atomic mass is 10.3. The van der Waals surface area contributed by atoms with E-state index < -0.39 is 18.5 Å². The molecule has 0 aromatic heterocycles. The lowest BCUT2D eigenvalue weighted by Gasteiger charge is -2.08. The lowest BCUT2D eigenvalue weighted by molar-refractivity contribution is 0.251. The molecule has 1 aromatic carbocycles. The summed E-state index contributed by atoms with van der Waals surface area (Å²) >= 11 is 8.72. The van der Waals surface area contributed by atoms with E-state index in [1.54, 1.807) is 0 Å². The Bertz CT molecular complexity index is 403. The molecule has 0 unspecified atom stereocenters. The lowest BCUT2D eigenvalue weighted by Crippen LogP contribution is -2.30. The molecule has 2 amide bonds. The number of anilines is 1. The van der Waals surface area contributed by atoms with Gasteiger partial charge in [0.25, 0.3) is 0 Å². The van der Waals surface area contributed by atoms with Gasteiger partial charge in [-0.15, -0.1) is 0 Å². The molecular formula is C9H8BrClF2N2O. The molecule has 88 valence electrons. The average molecular weight is 314 g/mol. The number of nitrogens with one attached hydrogen (secondary N) is 2. The van der Waals surface area contributed by atoms with E-state index in [1.807, 2.05) is 0 Å². The van der Waals surface area contributed by atoms with E-state index >= 15 is 0 Å². The van der Waals surface area contributed by atoms with Crippen molar-refractivity contribution in [1.29, 1.82) is 0 Å². The number of rotatable bonds is 3. The quantitative estimate of drug-likeness (QED) is 0.826. The fourth-order valence-corrected chi connectivity index (χ4v) is 1.63. The summed E-state index contributed by atoms with van der Waals surface area (Å²) < 4.78 is 25.1. The second kappa shape index (κ2) is 6.00. The summed E-state index contributed by atoms with van der Waals surface area (Å²) in [5.74, 6) is -0.551. The van der Waals surface area contributed by atoms with Crippen molar-refractivity contribution >= 4 is 39.2 Å². The maximum absolute atomic E-state index is 13.1. The van der Waals surface area contributed by atoms with Crippen LogP contribution in [0.15, 0.2) is 16.6 Å². The highest BCUT2D eigenvalue weighted by Gasteiger charge is 2.09. The molecule has 2 N–H and O–H groups in total. The fraction of sp³-hybridized carbons (Fsp3) is 0.222. The average Bonchev–Trinajstić information content (AvgIpc) is 2.23. The van der Waals surface area contributed by atoms with Crippen molar-refractivity contribution in [1.82, 2.24) is 5.32 Å². The molecule has 0 saturated carbocycles. The maximum Gasteiger partial charge on any atom is 0.319 e. The number of carbonyl (C=O) groups is 1. The highest BCUT2D eigenvalue weighted by atomic mass is 79.9. The van der Waals surface area contributed by atoms with Crippen LogP contribution in [-0.4, -0.2) is 19.3 Å². The molecule has 0 aliphatic rings. The van der Waals surface area contributed by atoms with Gasteiger partial charge in [0, 0.05) is 12.6 Å². The minimum absolute atomic E-state index is 0.109. The smallest absolute Gasteiger partial charge is 0.319 e. The number of hydrogen-bond acceptors (Lipinski definition) is 1. The molecule has 0 saturated heterocycles. The van der Waals surface area contributed by atoms with E-state index in [0.29, 0.717) is 0 Å². The van der Waals surface area contributed by atoms with Gasteiger partial charge < -0.3 is 10.6 Å². The maximum atomic E-state index is 13.1. The van der Waals surface area contributed by atoms with E-state index in [-0.39, 0.29) is 21.7 Å². The summed E-state index contributed by atoms with van der Waals surface area (Å²) in [6.45, 7) is -0.779. The molecule has 7 heteroatoms. The van der Waals surface area contributed by atoms with E-state index in [0.717, 1.165) is 6.07 Å². The Morgan fingerprint density at radius 2 is 2.19 bits per heavy atom. The molecule has 16 heavy (non-hydrogen) atoms. The second-order valence-corrected chi connectivity index (χ2v) is 4.08. The van der Waals surface area contributed by atoms with E-state index in [2.05, 4.69) is 26.6 Å². The van der Waals surface area contributed by atoms with Gasteiger partial charge in [0.15, 0.2) is 0 Å². The first-order valence-corrected chi connectivity index (χ1v) is 5.47. The van der Waals surface area contributed by atoms with Crippen LogP contribution in [0.3, 0.4) is 0 Å². The standard InChI is InChI=1S/C9H8BrClF2N2O/c10-5-3-6(11)8(4-7(5)13)15-9(16)14-2-1-12/h3-4H,1-2H2,(H2,14,15,16). The number of urea groups is 1. The van der Waals surface area contributed by atoms with Crippen LogP contribution in [0.2, 0.25) is 5.02 Å². The number of benzene rings is 1. The first-order valence-electron chi connectivity index (χ1n) is 4.30. The number of amides is 2. The molecule has 3 nitrogen and oxygen atoms in total. The summed E-state index contributed by atoms with van der Waals surface area (Å²) in [6, 6.07) is 1.75. The Labute approximate surface area is 104 Å². The summed E-state index contributed by atoms with van der Waals surface area (Å²) in [4.78, 5) is 11.1. The van der Waals surface area contributed by atoms with Gasteiger partial charge >= 0.3 is 6.03 Å². The van der Waals surface area contributed by atoms with Crippen molar-refractivity contribution in [3.8, 4) is 0 Å². The van der Waals surface area contributed by atoms with Gasteiger partial charge in [-0.05, 0) is 22.0 Å². The Morgan fingerprint density at radius 1 is 1.50 bits per heavy atom. The van der Waals surface area contributed by atoms with Crippen molar-refractivity contribution in [3.63, 3.8) is 0 Å². The number of halogens is 4. The summed E-state index contributed by atoms with van der Waals surface area (Å²) in [7, 11) is 0. The molecular weight excluding hydrogens is 305 g/mol. The number of hydrogen-bond donors (Lipinski definition) is 2. The van der Waals surface area contributed by atoms with Gasteiger partial charge in [-0.2, -0.15) is 0 Å². The molecule has 0 spiro atoms. The first kappa shape index (κ1) is 13.2. The van der Waals surface area contributed by atoms with Crippen molar-refractivity contribution in [2.75, 3.05) is 18.5 Å². The highest BCUT2D eigenvalue weighted by molar-refractivity contribution is 9.10. The zero-order valence-electron chi connectivity index (χ0n) is 7.99. The van der Waals surface area contributed by atoms with Crippen LogP contribution >= 0.6 is 27.5 Å². The molecule has 0 aliphatic heterocycles. The predicted molar refractivity (Wildman–Crippen MR) is 62.1 cm³/mol. The van der Waals surface area contributed by atoms with Crippen LogP contribution in [0.4, 0.5) is 19.3 Å². The third kappa shape index (κ3) is 3.61. The monoisotopic (exact) mass is 312 g/mol. The topological polar surface area (TPSA) is 41.1 Å². The van der Waals surface area contributed by atoms with Crippen molar-refractivity contribution < 1.29 is 13.6 Å². The highest BCUT2D eigenvalue weighted by Crippen LogP contribution is 2.28. The molecule has 1 aromatic rings.